The van der Waals surface area contributed by atoms with E-state index in [0.717, 1.165) is 12.8 Å². The Balaban J connectivity index is 2.38. The lowest BCUT2D eigenvalue weighted by Gasteiger charge is -2.24. The highest BCUT2D eigenvalue weighted by Crippen LogP contribution is 2.14. The summed E-state index contributed by atoms with van der Waals surface area (Å²) in [4.78, 5) is 0. The molecule has 0 radical (unpaired) electrons. The van der Waals surface area contributed by atoms with Gasteiger partial charge in [0.2, 0.25) is 0 Å². The Morgan fingerprint density at radius 2 is 1.73 bits per heavy atom. The monoisotopic (exact) mass is 305 g/mol. The fourth-order valence-corrected chi connectivity index (χ4v) is 2.31. The maximum atomic E-state index is 9.19. The minimum Gasteiger partial charge on any atom is -0.394 e. The molecule has 0 saturated heterocycles. The summed E-state index contributed by atoms with van der Waals surface area (Å²) in [5, 5.41) is 18.4. The summed E-state index contributed by atoms with van der Waals surface area (Å²) in [7, 11) is 0. The molecule has 3 nitrogen and oxygen atoms in total. The van der Waals surface area contributed by atoms with Gasteiger partial charge in [0.25, 0.3) is 0 Å². The quantitative estimate of drug-likeness (QED) is 0.550. The molecule has 0 fully saturated rings. The van der Waals surface area contributed by atoms with Crippen molar-refractivity contribution in [1.29, 1.82) is 0 Å². The average molecular weight is 305 g/mol. The molecule has 0 aliphatic rings. The molecular formula is C19H31NO2. The summed E-state index contributed by atoms with van der Waals surface area (Å²) in [6.45, 7) is 1.85. The Labute approximate surface area is 134 Å². The number of hydrogen-bond donors (Lipinski definition) is 3. The third-order valence-corrected chi connectivity index (χ3v) is 4.06. The van der Waals surface area contributed by atoms with Crippen LogP contribution in [-0.2, 0) is 6.42 Å². The van der Waals surface area contributed by atoms with Crippen molar-refractivity contribution in [3.05, 3.63) is 41.5 Å². The smallest absolute Gasteiger partial charge is 0.0633 e. The van der Waals surface area contributed by atoms with Crippen LogP contribution in [0.4, 0.5) is 0 Å². The molecule has 3 heteroatoms. The molecule has 0 aliphatic heterocycles. The molecule has 0 atom stereocenters. The van der Waals surface area contributed by atoms with Gasteiger partial charge in [-0.3, -0.25) is 0 Å². The minimum atomic E-state index is -0.878. The predicted molar refractivity (Wildman–Crippen MR) is 93.6 cm³/mol. The lowest BCUT2D eigenvalue weighted by molar-refractivity contribution is 0.115. The summed E-state index contributed by atoms with van der Waals surface area (Å²) in [5.74, 6) is 0. The molecule has 1 aromatic carbocycles. The van der Waals surface area contributed by atoms with Gasteiger partial charge in [-0.05, 0) is 36.8 Å². The van der Waals surface area contributed by atoms with Gasteiger partial charge in [0, 0.05) is 0 Å². The molecule has 0 aliphatic carbocycles. The van der Waals surface area contributed by atoms with Crippen molar-refractivity contribution < 1.29 is 10.2 Å². The van der Waals surface area contributed by atoms with Crippen LogP contribution in [0.25, 0.3) is 6.08 Å². The van der Waals surface area contributed by atoms with E-state index < -0.39 is 5.54 Å². The van der Waals surface area contributed by atoms with Crippen LogP contribution < -0.4 is 5.73 Å². The molecule has 124 valence electrons. The van der Waals surface area contributed by atoms with Crippen molar-refractivity contribution in [2.45, 2.75) is 57.4 Å². The van der Waals surface area contributed by atoms with E-state index in [1.807, 2.05) is 0 Å². The Bertz CT molecular complexity index is 422. The van der Waals surface area contributed by atoms with Gasteiger partial charge < -0.3 is 15.9 Å². The van der Waals surface area contributed by atoms with E-state index in [2.05, 4.69) is 43.3 Å². The zero-order valence-corrected chi connectivity index (χ0v) is 13.8. The highest BCUT2D eigenvalue weighted by atomic mass is 16.3. The molecule has 0 unspecified atom stereocenters. The molecule has 0 bridgehead atoms. The van der Waals surface area contributed by atoms with E-state index in [0.29, 0.717) is 6.42 Å². The van der Waals surface area contributed by atoms with E-state index in [4.69, 9.17) is 5.73 Å². The average Bonchev–Trinajstić information content (AvgIpc) is 2.57. The number of aryl methyl sites for hydroxylation is 1. The molecule has 0 aromatic heterocycles. The van der Waals surface area contributed by atoms with E-state index in [1.54, 1.807) is 0 Å². The van der Waals surface area contributed by atoms with Crippen molar-refractivity contribution >= 4 is 6.08 Å². The fraction of sp³-hybridized carbons (Fsp3) is 0.579. The lowest BCUT2D eigenvalue weighted by atomic mass is 9.93. The highest BCUT2D eigenvalue weighted by Gasteiger charge is 2.22. The molecular weight excluding hydrogens is 274 g/mol. The van der Waals surface area contributed by atoms with Crippen LogP contribution in [0, 0.1) is 0 Å². The second-order valence-corrected chi connectivity index (χ2v) is 6.17. The van der Waals surface area contributed by atoms with Crippen LogP contribution >= 0.6 is 0 Å². The van der Waals surface area contributed by atoms with E-state index >= 15 is 0 Å². The SMILES string of the molecule is CCCCCC/C=C/c1ccc(CCC(N)(CO)CO)cc1. The van der Waals surface area contributed by atoms with Crippen LogP contribution in [0.2, 0.25) is 0 Å². The first-order valence-electron chi connectivity index (χ1n) is 8.39. The zero-order valence-electron chi connectivity index (χ0n) is 13.8. The number of hydrogen-bond acceptors (Lipinski definition) is 3. The van der Waals surface area contributed by atoms with Gasteiger partial charge in [-0.15, -0.1) is 0 Å². The van der Waals surface area contributed by atoms with Gasteiger partial charge in [-0.1, -0.05) is 62.6 Å². The van der Waals surface area contributed by atoms with E-state index in [9.17, 15) is 10.2 Å². The molecule has 0 amide bonds. The van der Waals surface area contributed by atoms with Crippen LogP contribution in [0.1, 0.15) is 56.6 Å². The second-order valence-electron chi connectivity index (χ2n) is 6.17. The fourth-order valence-electron chi connectivity index (χ4n) is 2.31. The number of benzene rings is 1. The zero-order chi connectivity index (χ0) is 16.3. The Kier molecular flexibility index (Phi) is 9.05. The number of aliphatic hydroxyl groups is 2. The van der Waals surface area contributed by atoms with Gasteiger partial charge in [-0.25, -0.2) is 0 Å². The lowest BCUT2D eigenvalue weighted by Crippen LogP contribution is -2.47. The minimum absolute atomic E-state index is 0.192. The van der Waals surface area contributed by atoms with Crippen molar-refractivity contribution in [3.8, 4) is 0 Å². The topological polar surface area (TPSA) is 66.5 Å². The summed E-state index contributed by atoms with van der Waals surface area (Å²) >= 11 is 0. The van der Waals surface area contributed by atoms with Crippen molar-refractivity contribution in [1.82, 2.24) is 0 Å². The number of aliphatic hydroxyl groups excluding tert-OH is 2. The standard InChI is InChI=1S/C19H31NO2/c1-2-3-4-5-6-7-8-17-9-11-18(12-10-17)13-14-19(20,15-21)16-22/h7-12,21-22H,2-6,13-16,20H2,1H3/b8-7+. The van der Waals surface area contributed by atoms with E-state index in [1.165, 1.54) is 36.8 Å². The Hall–Kier alpha value is -1.16. The van der Waals surface area contributed by atoms with Gasteiger partial charge in [0.15, 0.2) is 0 Å². The van der Waals surface area contributed by atoms with Crippen LogP contribution in [0.5, 0.6) is 0 Å². The van der Waals surface area contributed by atoms with E-state index in [-0.39, 0.29) is 13.2 Å². The number of allylic oxidation sites excluding steroid dienone is 1. The predicted octanol–water partition coefficient (Wildman–Crippen LogP) is 3.28. The number of nitrogens with two attached hydrogens (primary N) is 1. The van der Waals surface area contributed by atoms with Gasteiger partial charge >= 0.3 is 0 Å². The van der Waals surface area contributed by atoms with Crippen molar-refractivity contribution in [2.75, 3.05) is 13.2 Å². The molecule has 0 saturated carbocycles. The summed E-state index contributed by atoms with van der Waals surface area (Å²) in [6, 6.07) is 8.39. The molecule has 0 spiro atoms. The summed E-state index contributed by atoms with van der Waals surface area (Å²) < 4.78 is 0. The number of rotatable bonds is 11. The second kappa shape index (κ2) is 10.5. The summed E-state index contributed by atoms with van der Waals surface area (Å²) in [5.41, 5.74) is 7.39. The maximum absolute atomic E-state index is 9.19. The van der Waals surface area contributed by atoms with Gasteiger partial charge in [0.1, 0.15) is 0 Å². The third kappa shape index (κ3) is 7.21. The van der Waals surface area contributed by atoms with Crippen LogP contribution in [0.15, 0.2) is 30.3 Å². The molecule has 0 heterocycles. The van der Waals surface area contributed by atoms with Crippen molar-refractivity contribution in [2.24, 2.45) is 5.73 Å². The Morgan fingerprint density at radius 3 is 2.32 bits per heavy atom. The first kappa shape index (κ1) is 18.9. The summed E-state index contributed by atoms with van der Waals surface area (Å²) in [6.07, 6.45) is 12.1. The first-order chi connectivity index (χ1) is 10.6. The normalized spacial score (nSPS) is 12.2. The highest BCUT2D eigenvalue weighted by molar-refractivity contribution is 5.49. The van der Waals surface area contributed by atoms with Crippen LogP contribution in [-0.4, -0.2) is 29.0 Å². The largest absolute Gasteiger partial charge is 0.394 e. The molecule has 1 rings (SSSR count). The maximum Gasteiger partial charge on any atom is 0.0633 e. The molecule has 4 N–H and O–H groups in total. The molecule has 22 heavy (non-hydrogen) atoms. The van der Waals surface area contributed by atoms with Gasteiger partial charge in [-0.2, -0.15) is 0 Å². The molecule has 1 aromatic rings. The van der Waals surface area contributed by atoms with Crippen LogP contribution in [0.3, 0.4) is 0 Å². The van der Waals surface area contributed by atoms with Crippen molar-refractivity contribution in [3.63, 3.8) is 0 Å². The first-order valence-corrected chi connectivity index (χ1v) is 8.39. The Morgan fingerprint density at radius 1 is 1.05 bits per heavy atom. The number of unbranched alkanes of at least 4 members (excludes halogenated alkanes) is 4. The van der Waals surface area contributed by atoms with Gasteiger partial charge in [0.05, 0.1) is 18.8 Å². The third-order valence-electron chi connectivity index (χ3n) is 4.06.